The molecule has 10 heavy (non-hydrogen) atoms. The van der Waals surface area contributed by atoms with Crippen molar-refractivity contribution in [2.24, 2.45) is 0 Å². The Kier molecular flexibility index (Phi) is 0.680. The number of thiazole rings is 1. The van der Waals surface area contributed by atoms with Gasteiger partial charge in [-0.3, -0.25) is 0 Å². The highest BCUT2D eigenvalue weighted by molar-refractivity contribution is 7.07. The highest BCUT2D eigenvalue weighted by Gasteiger charge is 2.16. The molecule has 1 aromatic rings. The molecule has 0 aromatic carbocycles. The van der Waals surface area contributed by atoms with Gasteiger partial charge in [0.1, 0.15) is 0 Å². The molecule has 2 bridgehead atoms. The first kappa shape index (κ1) is 4.85. The van der Waals surface area contributed by atoms with Crippen molar-refractivity contribution in [2.75, 3.05) is 0 Å². The number of fused-ring (bicyclic) bond motifs is 3. The molecule has 0 fully saturated rings. The second-order valence-electron chi connectivity index (χ2n) is 2.59. The normalized spacial score (nSPS) is 18.8. The van der Waals surface area contributed by atoms with Gasteiger partial charge in [-0.2, -0.15) is 0 Å². The maximum absolute atomic E-state index is 4.29. The lowest BCUT2D eigenvalue weighted by molar-refractivity contribution is 1.30. The first-order chi connectivity index (χ1) is 4.95. The molecule has 0 spiro atoms. The first-order valence-electron chi connectivity index (χ1n) is 3.29. The minimum atomic E-state index is 1.13. The molecule has 0 unspecified atom stereocenters. The summed E-state index contributed by atoms with van der Waals surface area (Å²) in [6.07, 6.45) is 5.52. The van der Waals surface area contributed by atoms with E-state index in [2.05, 4.69) is 17.1 Å². The Morgan fingerprint density at radius 2 is 2.20 bits per heavy atom. The summed E-state index contributed by atoms with van der Waals surface area (Å²) in [6.45, 7) is 0. The van der Waals surface area contributed by atoms with Gasteiger partial charge in [0.15, 0.2) is 0 Å². The average Bonchev–Trinajstić information content (AvgIpc) is 2.60. The topological polar surface area (TPSA) is 12.9 Å². The van der Waals surface area contributed by atoms with Crippen molar-refractivity contribution < 1.29 is 0 Å². The largest absolute Gasteiger partial charge is 0.244 e. The van der Waals surface area contributed by atoms with Crippen LogP contribution < -0.4 is 9.88 Å². The molecule has 0 saturated heterocycles. The summed E-state index contributed by atoms with van der Waals surface area (Å²) < 4.78 is 1.40. The summed E-state index contributed by atoms with van der Waals surface area (Å²) >= 11 is 1.75. The first-order valence-corrected chi connectivity index (χ1v) is 4.17. The van der Waals surface area contributed by atoms with Crippen LogP contribution in [0.4, 0.5) is 0 Å². The van der Waals surface area contributed by atoms with Gasteiger partial charge in [0.25, 0.3) is 0 Å². The Balaban J connectivity index is 2.77. The Morgan fingerprint density at radius 1 is 1.30 bits per heavy atom. The molecule has 0 saturated carbocycles. The summed E-state index contributed by atoms with van der Waals surface area (Å²) in [6, 6.07) is 0. The van der Waals surface area contributed by atoms with Gasteiger partial charge in [0.2, 0.25) is 0 Å². The van der Waals surface area contributed by atoms with E-state index in [9.17, 15) is 0 Å². The molecular weight excluding hydrogens is 142 g/mol. The second-order valence-corrected chi connectivity index (χ2v) is 3.45. The third-order valence-corrected chi connectivity index (χ3v) is 2.93. The minimum Gasteiger partial charge on any atom is -0.244 e. The van der Waals surface area contributed by atoms with Gasteiger partial charge in [-0.05, 0) is 11.1 Å². The summed E-state index contributed by atoms with van der Waals surface area (Å²) in [7, 11) is 0. The van der Waals surface area contributed by atoms with Crippen molar-refractivity contribution in [3.05, 3.63) is 27.5 Å². The van der Waals surface area contributed by atoms with Crippen molar-refractivity contribution in [2.45, 2.75) is 6.42 Å². The van der Waals surface area contributed by atoms with Crippen molar-refractivity contribution in [1.82, 2.24) is 4.98 Å². The molecule has 2 aliphatic rings. The maximum Gasteiger partial charge on any atom is 0.0850 e. The zero-order valence-corrected chi connectivity index (χ0v) is 6.11. The fourth-order valence-electron chi connectivity index (χ4n) is 1.55. The summed E-state index contributed by atoms with van der Waals surface area (Å²) in [5, 5.41) is 1.24. The van der Waals surface area contributed by atoms with Crippen LogP contribution in [-0.4, -0.2) is 4.98 Å². The third-order valence-electron chi connectivity index (χ3n) is 2.03. The fraction of sp³-hybridized carbons (Fsp3) is 0.125. The van der Waals surface area contributed by atoms with E-state index in [4.69, 9.17) is 0 Å². The molecule has 1 aromatic heterocycles. The molecular formula is C8H5NS. The van der Waals surface area contributed by atoms with E-state index < -0.39 is 0 Å². The van der Waals surface area contributed by atoms with Gasteiger partial charge < -0.3 is 0 Å². The highest BCUT2D eigenvalue weighted by atomic mass is 32.1. The molecule has 48 valence electrons. The van der Waals surface area contributed by atoms with Crippen LogP contribution in [0.15, 0.2) is 17.7 Å². The van der Waals surface area contributed by atoms with E-state index in [1.54, 1.807) is 11.3 Å². The number of aromatic nitrogens is 1. The van der Waals surface area contributed by atoms with Crippen LogP contribution in [0.2, 0.25) is 0 Å². The zero-order valence-electron chi connectivity index (χ0n) is 5.29. The number of allylic oxidation sites excluding steroid dienone is 2. The molecule has 3 rings (SSSR count). The Labute approximate surface area is 62.0 Å². The van der Waals surface area contributed by atoms with E-state index in [-0.39, 0.29) is 0 Å². The van der Waals surface area contributed by atoms with Crippen LogP contribution in [0, 0.1) is 0 Å². The van der Waals surface area contributed by atoms with Crippen molar-refractivity contribution in [3.8, 4) is 0 Å². The second kappa shape index (κ2) is 1.40. The molecule has 1 nitrogen and oxygen atoms in total. The smallest absolute Gasteiger partial charge is 0.0850 e. The fourth-order valence-corrected chi connectivity index (χ4v) is 2.40. The lowest BCUT2D eigenvalue weighted by Gasteiger charge is -1.80. The van der Waals surface area contributed by atoms with Gasteiger partial charge in [-0.1, -0.05) is 12.2 Å². The number of hydrogen-bond donors (Lipinski definition) is 0. The quantitative estimate of drug-likeness (QED) is 0.518. The van der Waals surface area contributed by atoms with E-state index in [1.165, 1.54) is 21.0 Å². The zero-order chi connectivity index (χ0) is 6.55. The molecule has 0 atom stereocenters. The lowest BCUT2D eigenvalue weighted by Crippen LogP contribution is -2.21. The van der Waals surface area contributed by atoms with Crippen LogP contribution in [0.1, 0.15) is 6.42 Å². The molecule has 1 heterocycles. The molecule has 0 amide bonds. The number of rotatable bonds is 0. The number of nitrogens with zero attached hydrogens (tertiary/aromatic N) is 1. The Hall–Kier alpha value is -0.890. The van der Waals surface area contributed by atoms with Crippen LogP contribution in [-0.2, 0) is 0 Å². The van der Waals surface area contributed by atoms with Crippen LogP contribution >= 0.6 is 11.3 Å². The standard InChI is InChI=1S/C8H5NS/c1-2-6-3-5(1)7-8(6)10-4-9-7/h1-2,4H,3H2. The highest BCUT2D eigenvalue weighted by Crippen LogP contribution is 2.24. The van der Waals surface area contributed by atoms with Gasteiger partial charge >= 0.3 is 0 Å². The van der Waals surface area contributed by atoms with Gasteiger partial charge in [0.05, 0.1) is 15.4 Å². The van der Waals surface area contributed by atoms with Crippen LogP contribution in [0.25, 0.3) is 11.1 Å². The molecule has 0 aliphatic heterocycles. The summed E-state index contributed by atoms with van der Waals surface area (Å²) in [5.41, 5.74) is 4.80. The average molecular weight is 147 g/mol. The minimum absolute atomic E-state index is 1.13. The van der Waals surface area contributed by atoms with E-state index in [0.29, 0.717) is 0 Å². The number of hydrogen-bond acceptors (Lipinski definition) is 2. The SMILES string of the molecule is C1=CC2=c3scnc3=C1C2. The predicted molar refractivity (Wildman–Crippen MR) is 41.9 cm³/mol. The monoisotopic (exact) mass is 147 g/mol. The van der Waals surface area contributed by atoms with Gasteiger partial charge in [0, 0.05) is 6.42 Å². The van der Waals surface area contributed by atoms with Crippen molar-refractivity contribution >= 4 is 22.5 Å². The summed E-state index contributed by atoms with van der Waals surface area (Å²) in [5.74, 6) is 0. The summed E-state index contributed by atoms with van der Waals surface area (Å²) in [4.78, 5) is 4.29. The molecule has 0 radical (unpaired) electrons. The van der Waals surface area contributed by atoms with E-state index in [0.717, 1.165) is 6.42 Å². The molecule has 0 N–H and O–H groups in total. The van der Waals surface area contributed by atoms with E-state index >= 15 is 0 Å². The van der Waals surface area contributed by atoms with Crippen molar-refractivity contribution in [1.29, 1.82) is 0 Å². The molecule has 2 heteroatoms. The Bertz CT molecular complexity index is 398. The van der Waals surface area contributed by atoms with E-state index in [1.807, 2.05) is 5.51 Å². The lowest BCUT2D eigenvalue weighted by atomic mass is 10.3. The maximum atomic E-state index is 4.29. The third kappa shape index (κ3) is 0.389. The Morgan fingerprint density at radius 3 is 3.10 bits per heavy atom. The molecule has 2 aliphatic carbocycles. The van der Waals surface area contributed by atoms with Gasteiger partial charge in [-0.15, -0.1) is 11.3 Å². The van der Waals surface area contributed by atoms with Crippen LogP contribution in [0.5, 0.6) is 0 Å². The van der Waals surface area contributed by atoms with Gasteiger partial charge in [-0.25, -0.2) is 4.98 Å². The van der Waals surface area contributed by atoms with Crippen molar-refractivity contribution in [3.63, 3.8) is 0 Å². The predicted octanol–water partition coefficient (Wildman–Crippen LogP) is 0.418. The van der Waals surface area contributed by atoms with Crippen LogP contribution in [0.3, 0.4) is 0 Å².